The number of rotatable bonds is 9. The Hall–Kier alpha value is -3.37. The number of aliphatic hydroxyl groups excluding tert-OH is 1. The van der Waals surface area contributed by atoms with Crippen LogP contribution in [0.1, 0.15) is 106 Å². The molecule has 12 atom stereocenters. The number of carbonyl (C=O) groups is 5. The molecule has 0 bridgehead atoms. The van der Waals surface area contributed by atoms with Gasteiger partial charge >= 0.3 is 5.97 Å². The maximum absolute atomic E-state index is 14.2. The molecule has 0 radical (unpaired) electrons. The number of methoxy groups -OCH3 is 3. The summed E-state index contributed by atoms with van der Waals surface area (Å²) in [6.07, 6.45) is 13.0. The van der Waals surface area contributed by atoms with E-state index in [4.69, 9.17) is 34.2 Å². The molecule has 1 saturated heterocycles. The van der Waals surface area contributed by atoms with Gasteiger partial charge in [0, 0.05) is 65.7 Å². The van der Waals surface area contributed by atoms with Crippen molar-refractivity contribution in [2.75, 3.05) is 54.2 Å². The molecule has 3 rings (SSSR count). The van der Waals surface area contributed by atoms with Crippen LogP contribution in [0.4, 0.5) is 0 Å². The lowest BCUT2D eigenvalue weighted by Crippen LogP contribution is -2.52. The van der Waals surface area contributed by atoms with Gasteiger partial charge in [-0.15, -0.1) is 0 Å². The first-order valence-electron chi connectivity index (χ1n) is 23.0. The van der Waals surface area contributed by atoms with Crippen LogP contribution in [0, 0.1) is 29.6 Å². The largest absolute Gasteiger partial charge is 0.460 e. The minimum atomic E-state index is -1.29. The molecule has 14 nitrogen and oxygen atoms in total. The van der Waals surface area contributed by atoms with Crippen LogP contribution in [-0.4, -0.2) is 136 Å². The maximum atomic E-state index is 14.2. The number of nitrogens with zero attached hydrogens (tertiary/aromatic N) is 1. The van der Waals surface area contributed by atoms with Crippen LogP contribution in [0.3, 0.4) is 0 Å². The molecule has 14 heteroatoms. The van der Waals surface area contributed by atoms with E-state index < -0.39 is 60.5 Å². The average molecular weight is 887 g/mol. The van der Waals surface area contributed by atoms with Crippen LogP contribution in [0.2, 0.25) is 0 Å². The molecule has 2 fully saturated rings. The first-order valence-corrected chi connectivity index (χ1v) is 23.0. The predicted octanol–water partition coefficient (Wildman–Crippen LogP) is 5.68. The molecule has 0 unspecified atom stereocenters. The summed E-state index contributed by atoms with van der Waals surface area (Å²) in [5, 5.41) is 11.4. The Kier molecular flexibility index (Phi) is 23.8. The summed E-state index contributed by atoms with van der Waals surface area (Å²) < 4.78 is 34.9. The second-order valence-electron chi connectivity index (χ2n) is 18.0. The third-order valence-corrected chi connectivity index (χ3v) is 13.0. The van der Waals surface area contributed by atoms with E-state index in [0.29, 0.717) is 57.2 Å². The quantitative estimate of drug-likeness (QED) is 0.164. The fourth-order valence-electron chi connectivity index (χ4n) is 9.12. The maximum Gasteiger partial charge on any atom is 0.329 e. The van der Waals surface area contributed by atoms with E-state index in [1.54, 1.807) is 34.1 Å². The van der Waals surface area contributed by atoms with Crippen molar-refractivity contribution in [3.63, 3.8) is 0 Å². The van der Waals surface area contributed by atoms with Crippen molar-refractivity contribution < 1.29 is 57.5 Å². The molecular weight excluding hydrogens is 809 g/mol. The second kappa shape index (κ2) is 27.8. The number of hydrogen-bond donors (Lipinski definition) is 2. The molecule has 63 heavy (non-hydrogen) atoms. The van der Waals surface area contributed by atoms with Crippen molar-refractivity contribution in [2.45, 2.75) is 148 Å². The predicted molar refractivity (Wildman–Crippen MR) is 241 cm³/mol. The minimum Gasteiger partial charge on any atom is -0.460 e. The van der Waals surface area contributed by atoms with Gasteiger partial charge in [0.15, 0.2) is 5.78 Å². The van der Waals surface area contributed by atoms with Gasteiger partial charge in [0.1, 0.15) is 36.7 Å². The number of ketones is 3. The lowest BCUT2D eigenvalue weighted by Gasteiger charge is -2.38. The van der Waals surface area contributed by atoms with E-state index in [2.05, 4.69) is 0 Å². The molecule has 2 aliphatic heterocycles. The van der Waals surface area contributed by atoms with Crippen molar-refractivity contribution in [1.82, 2.24) is 4.90 Å². The number of carbonyl (C=O) groups excluding carboxylic acids is 5. The monoisotopic (exact) mass is 887 g/mol. The molecule has 356 valence electrons. The highest BCUT2D eigenvalue weighted by Gasteiger charge is 2.40. The Labute approximate surface area is 376 Å². The molecule has 0 aromatic carbocycles. The number of esters is 1. The fraction of sp³-hybridized carbons (Fsp3) is 0.735. The van der Waals surface area contributed by atoms with E-state index >= 15 is 0 Å². The third-order valence-electron chi connectivity index (χ3n) is 13.0. The van der Waals surface area contributed by atoms with Gasteiger partial charge in [-0.1, -0.05) is 64.2 Å². The molecule has 1 saturated carbocycles. The van der Waals surface area contributed by atoms with E-state index in [-0.39, 0.29) is 67.2 Å². The molecule has 2 heterocycles. The number of amides is 1. The number of hydrogen-bond acceptors (Lipinski definition) is 13. The highest BCUT2D eigenvalue weighted by Crippen LogP contribution is 2.35. The number of fused-ring (bicyclic) bond motifs is 1. The van der Waals surface area contributed by atoms with Crippen LogP contribution in [0.25, 0.3) is 0 Å². The first kappa shape index (κ1) is 54.0. The van der Waals surface area contributed by atoms with Gasteiger partial charge in [0.2, 0.25) is 5.78 Å². The Balaban J connectivity index is 1.94. The number of aliphatic hydroxyl groups is 1. The summed E-state index contributed by atoms with van der Waals surface area (Å²) in [5.74, 6) is -3.82. The first-order chi connectivity index (χ1) is 30.1. The second-order valence-corrected chi connectivity index (χ2v) is 18.0. The minimum absolute atomic E-state index is 0.0501. The molecule has 3 N–H and O–H groups in total. The number of Topliss-reactive ketones (excluding diaryl/α,β-unsaturated/α-hetero) is 3. The summed E-state index contributed by atoms with van der Waals surface area (Å²) in [4.78, 5) is 70.0. The molecule has 3 aliphatic rings. The normalized spacial score (nSPS) is 34.9. The van der Waals surface area contributed by atoms with Gasteiger partial charge in [-0.3, -0.25) is 19.2 Å². The average Bonchev–Trinajstić information content (AvgIpc) is 3.27. The van der Waals surface area contributed by atoms with E-state index in [1.807, 2.05) is 58.1 Å². The highest BCUT2D eigenvalue weighted by molar-refractivity contribution is 6.37. The smallest absolute Gasteiger partial charge is 0.329 e. The van der Waals surface area contributed by atoms with Gasteiger partial charge < -0.3 is 44.2 Å². The van der Waals surface area contributed by atoms with E-state index in [1.165, 1.54) is 12.0 Å². The SMILES string of the molecule is CO[C@H]1CCOCC(=O)C(=O)N2CCCC[C@H]2C(=O)O[C@H]([C@H](C)C[C@@H]2CC[C@@H](OCCN)[C@H](OC)C2)CC(=O)[C@H](C)/C=C(\C)[C@@H](O)[C@@H](OC)C(=O)[C@@H](C)C[C@H](C)/C=C/C=C/C=C1C. The summed E-state index contributed by atoms with van der Waals surface area (Å²) in [6.45, 7) is 11.9. The van der Waals surface area contributed by atoms with Crippen molar-refractivity contribution in [3.05, 3.63) is 47.6 Å². The Morgan fingerprint density at radius 1 is 0.889 bits per heavy atom. The highest BCUT2D eigenvalue weighted by atomic mass is 16.5. The zero-order valence-electron chi connectivity index (χ0n) is 39.5. The van der Waals surface area contributed by atoms with E-state index in [9.17, 15) is 29.1 Å². The van der Waals surface area contributed by atoms with Gasteiger partial charge in [-0.05, 0) is 94.1 Å². The summed E-state index contributed by atoms with van der Waals surface area (Å²) in [5.41, 5.74) is 7.04. The number of cyclic esters (lactones) is 1. The standard InChI is InChI=1S/C49H78N2O12/c1-31-15-11-10-12-16-32(2)41(58-7)20-23-61-30-40(53)48(56)51-22-14-13-17-38(51)49(57)63-43(34(4)27-37-18-19-42(62-24-21-50)44(28-37)59-8)29-39(52)33(3)26-36(6)46(55)47(60-9)45(54)35(5)25-31/h10-12,15-16,26,31,33-35,37-38,41-44,46-47,55H,13-14,17-25,27-30,50H2,1-9H3/b12-10+,15-11+,32-16?,36-26+/t31-,33-,34-,35+,37+,38+,41+,42-,43+,44-,46-,47+/m1/s1. The Bertz CT molecular complexity index is 1610. The van der Waals surface area contributed by atoms with Crippen molar-refractivity contribution in [2.24, 2.45) is 35.3 Å². The number of allylic oxidation sites excluding steroid dienone is 6. The number of piperidine rings is 1. The summed E-state index contributed by atoms with van der Waals surface area (Å²) in [6, 6.07) is -0.999. The van der Waals surface area contributed by atoms with Crippen molar-refractivity contribution in [1.29, 1.82) is 0 Å². The lowest BCUT2D eigenvalue weighted by atomic mass is 9.78. The van der Waals surface area contributed by atoms with Gasteiger partial charge in [0.25, 0.3) is 5.91 Å². The van der Waals surface area contributed by atoms with Gasteiger partial charge in [-0.2, -0.15) is 0 Å². The molecule has 0 aromatic rings. The Morgan fingerprint density at radius 3 is 2.32 bits per heavy atom. The fourth-order valence-corrected chi connectivity index (χ4v) is 9.12. The molecule has 1 amide bonds. The van der Waals surface area contributed by atoms with Gasteiger partial charge in [-0.25, -0.2) is 4.79 Å². The number of ether oxygens (including phenoxy) is 6. The zero-order valence-corrected chi connectivity index (χ0v) is 39.5. The van der Waals surface area contributed by atoms with Crippen molar-refractivity contribution >= 4 is 29.2 Å². The molecule has 1 aliphatic carbocycles. The molecule has 0 aromatic heterocycles. The topological polar surface area (TPSA) is 190 Å². The molecular formula is C49H78N2O12. The van der Waals surface area contributed by atoms with Gasteiger partial charge in [0.05, 0.1) is 24.9 Å². The lowest BCUT2D eigenvalue weighted by molar-refractivity contribution is -0.166. The van der Waals surface area contributed by atoms with E-state index in [0.717, 1.165) is 24.8 Å². The van der Waals surface area contributed by atoms with Crippen LogP contribution in [0.15, 0.2) is 47.6 Å². The van der Waals surface area contributed by atoms with Crippen LogP contribution >= 0.6 is 0 Å². The van der Waals surface area contributed by atoms with Crippen molar-refractivity contribution in [3.8, 4) is 0 Å². The van der Waals surface area contributed by atoms with Crippen LogP contribution in [0.5, 0.6) is 0 Å². The van der Waals surface area contributed by atoms with Crippen LogP contribution in [-0.2, 0) is 52.4 Å². The summed E-state index contributed by atoms with van der Waals surface area (Å²) in [7, 11) is 4.65. The molecule has 0 spiro atoms. The van der Waals surface area contributed by atoms with Crippen LogP contribution < -0.4 is 5.73 Å². The number of nitrogens with two attached hydrogens (primary N) is 1. The zero-order chi connectivity index (χ0) is 46.6. The Morgan fingerprint density at radius 2 is 1.63 bits per heavy atom. The third kappa shape index (κ3) is 16.9. The summed E-state index contributed by atoms with van der Waals surface area (Å²) >= 11 is 0.